The molecule has 0 aliphatic rings. The zero-order valence-electron chi connectivity index (χ0n) is 9.72. The number of carbonyl (C=O) groups is 1. The average molecular weight is 304 g/mol. The first-order valence-electron chi connectivity index (χ1n) is 5.17. The number of carbonyl (C=O) groups excluding carboxylic acids is 1. The van der Waals surface area contributed by atoms with Crippen LogP contribution in [-0.4, -0.2) is 38.7 Å². The van der Waals surface area contributed by atoms with E-state index < -0.39 is 4.92 Å². The largest absolute Gasteiger partial charge is 0.340 e. The fraction of sp³-hybridized carbons (Fsp3) is 0.500. The number of aromatic nitrogens is 1. The Bertz CT molecular complexity index is 430. The van der Waals surface area contributed by atoms with Gasteiger partial charge in [-0.3, -0.25) is 14.9 Å². The highest BCUT2D eigenvalue weighted by Gasteiger charge is 2.21. The summed E-state index contributed by atoms with van der Waals surface area (Å²) in [5, 5.41) is 11.3. The summed E-state index contributed by atoms with van der Waals surface area (Å²) < 4.78 is 1.48. The summed E-state index contributed by atoms with van der Waals surface area (Å²) in [5.74, 6) is -0.192. The van der Waals surface area contributed by atoms with Crippen molar-refractivity contribution in [2.75, 3.05) is 18.4 Å². The van der Waals surface area contributed by atoms with Crippen LogP contribution in [0.5, 0.6) is 0 Å². The van der Waals surface area contributed by atoms with Gasteiger partial charge in [0.25, 0.3) is 11.6 Å². The lowest BCUT2D eigenvalue weighted by molar-refractivity contribution is -0.384. The van der Waals surface area contributed by atoms with Gasteiger partial charge in [0.05, 0.1) is 11.1 Å². The van der Waals surface area contributed by atoms with Gasteiger partial charge in [0.2, 0.25) is 0 Å². The molecule has 1 aromatic rings. The summed E-state index contributed by atoms with van der Waals surface area (Å²) >= 11 is 3.27. The second kappa shape index (κ2) is 5.81. The molecule has 1 rings (SSSR count). The van der Waals surface area contributed by atoms with E-state index in [-0.39, 0.29) is 11.6 Å². The first-order valence-corrected chi connectivity index (χ1v) is 6.29. The number of nitrogens with zero attached hydrogens (tertiary/aromatic N) is 3. The summed E-state index contributed by atoms with van der Waals surface area (Å²) in [7, 11) is 1.63. The second-order valence-electron chi connectivity index (χ2n) is 3.53. The van der Waals surface area contributed by atoms with Crippen LogP contribution in [0.25, 0.3) is 0 Å². The van der Waals surface area contributed by atoms with E-state index in [2.05, 4.69) is 15.9 Å². The third-order valence-electron chi connectivity index (χ3n) is 2.44. The zero-order valence-corrected chi connectivity index (χ0v) is 11.3. The van der Waals surface area contributed by atoms with Crippen LogP contribution in [0.15, 0.2) is 12.3 Å². The topological polar surface area (TPSA) is 68.4 Å². The molecule has 0 aliphatic carbocycles. The second-order valence-corrected chi connectivity index (χ2v) is 4.32. The number of hydrogen-bond donors (Lipinski definition) is 0. The molecule has 0 N–H and O–H groups in total. The van der Waals surface area contributed by atoms with Crippen molar-refractivity contribution in [1.29, 1.82) is 0 Å². The van der Waals surface area contributed by atoms with E-state index in [1.165, 1.54) is 16.8 Å². The van der Waals surface area contributed by atoms with E-state index in [1.54, 1.807) is 11.9 Å². The highest BCUT2D eigenvalue weighted by atomic mass is 79.9. The Balaban J connectivity index is 2.98. The minimum Gasteiger partial charge on any atom is -0.340 e. The quantitative estimate of drug-likeness (QED) is 0.473. The number of rotatable bonds is 5. The van der Waals surface area contributed by atoms with Crippen LogP contribution >= 0.6 is 15.9 Å². The fourth-order valence-electron chi connectivity index (χ4n) is 1.53. The SMILES string of the molecule is CCN(CCBr)C(=O)c1cc([N+](=O)[O-])cn1C. The average Bonchev–Trinajstić information content (AvgIpc) is 2.67. The van der Waals surface area contributed by atoms with E-state index in [4.69, 9.17) is 0 Å². The zero-order chi connectivity index (χ0) is 13.0. The minimum absolute atomic E-state index is 0.0641. The summed E-state index contributed by atoms with van der Waals surface area (Å²) in [5.41, 5.74) is 0.269. The minimum atomic E-state index is -0.502. The maximum Gasteiger partial charge on any atom is 0.287 e. The lowest BCUT2D eigenvalue weighted by Gasteiger charge is -2.19. The molecule has 0 radical (unpaired) electrons. The molecule has 1 aromatic heterocycles. The predicted molar refractivity (Wildman–Crippen MR) is 67.4 cm³/mol. The van der Waals surface area contributed by atoms with Gasteiger partial charge in [-0.25, -0.2) is 0 Å². The van der Waals surface area contributed by atoms with Crippen LogP contribution < -0.4 is 0 Å². The normalized spacial score (nSPS) is 10.3. The molecular weight excluding hydrogens is 290 g/mol. The van der Waals surface area contributed by atoms with Gasteiger partial charge in [-0.2, -0.15) is 0 Å². The van der Waals surface area contributed by atoms with E-state index in [1.807, 2.05) is 6.92 Å². The smallest absolute Gasteiger partial charge is 0.287 e. The van der Waals surface area contributed by atoms with Crippen molar-refractivity contribution < 1.29 is 9.72 Å². The van der Waals surface area contributed by atoms with Crippen molar-refractivity contribution in [3.05, 3.63) is 28.1 Å². The van der Waals surface area contributed by atoms with Crippen LogP contribution in [-0.2, 0) is 7.05 Å². The van der Waals surface area contributed by atoms with Crippen molar-refractivity contribution in [1.82, 2.24) is 9.47 Å². The summed E-state index contributed by atoms with van der Waals surface area (Å²) in [6, 6.07) is 1.30. The molecule has 0 spiro atoms. The van der Waals surface area contributed by atoms with Gasteiger partial charge in [0, 0.05) is 31.5 Å². The highest BCUT2D eigenvalue weighted by molar-refractivity contribution is 9.09. The van der Waals surface area contributed by atoms with Crippen molar-refractivity contribution in [2.24, 2.45) is 7.05 Å². The molecule has 1 amide bonds. The van der Waals surface area contributed by atoms with Gasteiger partial charge in [0.1, 0.15) is 5.69 Å². The fourth-order valence-corrected chi connectivity index (χ4v) is 1.95. The lowest BCUT2D eigenvalue weighted by atomic mass is 10.3. The van der Waals surface area contributed by atoms with E-state index in [0.717, 1.165) is 0 Å². The number of nitro groups is 1. The van der Waals surface area contributed by atoms with E-state index in [9.17, 15) is 14.9 Å². The predicted octanol–water partition coefficient (Wildman–Crippen LogP) is 1.79. The molecule has 6 nitrogen and oxygen atoms in total. The number of halogens is 1. The molecule has 0 atom stereocenters. The first kappa shape index (κ1) is 13.7. The Morgan fingerprint density at radius 1 is 1.65 bits per heavy atom. The lowest BCUT2D eigenvalue weighted by Crippen LogP contribution is -2.33. The van der Waals surface area contributed by atoms with Gasteiger partial charge >= 0.3 is 0 Å². The van der Waals surface area contributed by atoms with Crippen LogP contribution in [0.1, 0.15) is 17.4 Å². The van der Waals surface area contributed by atoms with E-state index >= 15 is 0 Å². The third-order valence-corrected chi connectivity index (χ3v) is 2.80. The monoisotopic (exact) mass is 303 g/mol. The summed E-state index contributed by atoms with van der Waals surface area (Å²) in [4.78, 5) is 23.8. The van der Waals surface area contributed by atoms with Gasteiger partial charge in [-0.15, -0.1) is 0 Å². The van der Waals surface area contributed by atoms with Crippen molar-refractivity contribution >= 4 is 27.5 Å². The number of amides is 1. The van der Waals surface area contributed by atoms with Crippen molar-refractivity contribution in [3.63, 3.8) is 0 Å². The molecule has 1 heterocycles. The Kier molecular flexibility index (Phi) is 4.68. The van der Waals surface area contributed by atoms with Crippen molar-refractivity contribution in [2.45, 2.75) is 6.92 Å². The molecule has 0 aliphatic heterocycles. The Labute approximate surface area is 107 Å². The van der Waals surface area contributed by atoms with Gasteiger partial charge in [-0.1, -0.05) is 15.9 Å². The number of aryl methyl sites for hydroxylation is 1. The van der Waals surface area contributed by atoms with Crippen molar-refractivity contribution in [3.8, 4) is 0 Å². The molecule has 7 heteroatoms. The maximum atomic E-state index is 12.1. The molecule has 17 heavy (non-hydrogen) atoms. The molecule has 0 bridgehead atoms. The molecule has 0 aromatic carbocycles. The molecule has 0 unspecified atom stereocenters. The van der Waals surface area contributed by atoms with Crippen LogP contribution in [0.3, 0.4) is 0 Å². The molecular formula is C10H14BrN3O3. The first-order chi connectivity index (χ1) is 8.01. The highest BCUT2D eigenvalue weighted by Crippen LogP contribution is 2.16. The van der Waals surface area contributed by atoms with E-state index in [0.29, 0.717) is 24.1 Å². The number of hydrogen-bond acceptors (Lipinski definition) is 3. The third kappa shape index (κ3) is 3.06. The molecule has 0 saturated carbocycles. The van der Waals surface area contributed by atoms with Gasteiger partial charge in [-0.05, 0) is 6.92 Å². The Morgan fingerprint density at radius 3 is 2.71 bits per heavy atom. The Hall–Kier alpha value is -1.37. The maximum absolute atomic E-state index is 12.1. The molecule has 0 saturated heterocycles. The van der Waals surface area contributed by atoms with Crippen LogP contribution in [0.4, 0.5) is 5.69 Å². The number of alkyl halides is 1. The van der Waals surface area contributed by atoms with Crippen LogP contribution in [0, 0.1) is 10.1 Å². The summed E-state index contributed by atoms with van der Waals surface area (Å²) in [6.45, 7) is 3.02. The van der Waals surface area contributed by atoms with Gasteiger partial charge < -0.3 is 9.47 Å². The Morgan fingerprint density at radius 2 is 2.29 bits per heavy atom. The molecule has 94 valence electrons. The van der Waals surface area contributed by atoms with Crippen LogP contribution in [0.2, 0.25) is 0 Å². The standard InChI is InChI=1S/C10H14BrN3O3/c1-3-13(5-4-11)10(15)9-6-8(14(16)17)7-12(9)2/h6-7H,3-5H2,1-2H3. The molecule has 0 fully saturated rings. The summed E-state index contributed by atoms with van der Waals surface area (Å²) in [6.07, 6.45) is 1.34. The van der Waals surface area contributed by atoms with Gasteiger partial charge in [0.15, 0.2) is 0 Å².